The van der Waals surface area contributed by atoms with E-state index in [0.717, 1.165) is 17.7 Å². The molecule has 140 valence electrons. The van der Waals surface area contributed by atoms with Crippen LogP contribution in [0.2, 0.25) is 0 Å². The summed E-state index contributed by atoms with van der Waals surface area (Å²) in [7, 11) is 0. The van der Waals surface area contributed by atoms with Crippen molar-refractivity contribution in [1.82, 2.24) is 10.3 Å². The molecule has 0 saturated heterocycles. The summed E-state index contributed by atoms with van der Waals surface area (Å²) in [6, 6.07) is 10.9. The van der Waals surface area contributed by atoms with E-state index in [1.165, 1.54) is 0 Å². The van der Waals surface area contributed by atoms with Crippen molar-refractivity contribution >= 4 is 5.91 Å². The molecule has 0 bridgehead atoms. The number of nitrogens with one attached hydrogen (secondary N) is 1. The third-order valence-electron chi connectivity index (χ3n) is 4.02. The van der Waals surface area contributed by atoms with Crippen LogP contribution in [0.1, 0.15) is 32.8 Å². The molecule has 2 unspecified atom stereocenters. The molecule has 0 aliphatic heterocycles. The first-order valence-corrected chi connectivity index (χ1v) is 8.89. The smallest absolute Gasteiger partial charge is 0.224 e. The maximum absolute atomic E-state index is 12.1. The number of amides is 1. The predicted molar refractivity (Wildman–Crippen MR) is 101 cm³/mol. The van der Waals surface area contributed by atoms with Gasteiger partial charge in [0.15, 0.2) is 0 Å². The molecule has 6 heteroatoms. The number of carbonyl (C=O) groups is 1. The van der Waals surface area contributed by atoms with Crippen molar-refractivity contribution in [2.24, 2.45) is 11.7 Å². The van der Waals surface area contributed by atoms with Gasteiger partial charge in [-0.25, -0.2) is 4.98 Å². The Bertz CT molecular complexity index is 702. The fourth-order valence-electron chi connectivity index (χ4n) is 2.17. The number of hydrogen-bond donors (Lipinski definition) is 2. The number of ether oxygens (including phenoxy) is 2. The van der Waals surface area contributed by atoms with E-state index in [2.05, 4.69) is 17.2 Å². The lowest BCUT2D eigenvalue weighted by atomic mass is 10.0. The quantitative estimate of drug-likeness (QED) is 0.719. The van der Waals surface area contributed by atoms with E-state index in [1.807, 2.05) is 50.2 Å². The van der Waals surface area contributed by atoms with Gasteiger partial charge in [0.25, 0.3) is 0 Å². The number of carbonyl (C=O) groups excluding carboxylic acids is 1. The molecule has 0 aliphatic rings. The fourth-order valence-corrected chi connectivity index (χ4v) is 2.17. The molecule has 1 aromatic carbocycles. The molecule has 6 nitrogen and oxygen atoms in total. The zero-order valence-electron chi connectivity index (χ0n) is 15.6. The molecule has 0 spiro atoms. The molecule has 0 aliphatic carbocycles. The standard InChI is InChI=1S/C20H27N3O3/c1-4-12-25-17-7-9-18(10-8-17)26-20-16(6-5-11-22-20)13-23-19(24)14(2)15(3)21/h5-11,14-15H,4,12-13,21H2,1-3H3,(H,23,24). The summed E-state index contributed by atoms with van der Waals surface area (Å²) >= 11 is 0. The SMILES string of the molecule is CCCOc1ccc(Oc2ncccc2CNC(=O)C(C)C(C)N)cc1. The predicted octanol–water partition coefficient (Wildman–Crippen LogP) is 3.26. The zero-order chi connectivity index (χ0) is 18.9. The first-order chi connectivity index (χ1) is 12.5. The van der Waals surface area contributed by atoms with Crippen molar-refractivity contribution in [2.75, 3.05) is 6.61 Å². The molecule has 2 atom stereocenters. The second kappa shape index (κ2) is 9.77. The number of aromatic nitrogens is 1. The average molecular weight is 357 g/mol. The molecule has 3 N–H and O–H groups in total. The van der Waals surface area contributed by atoms with Crippen LogP contribution in [0.15, 0.2) is 42.6 Å². The van der Waals surface area contributed by atoms with Crippen molar-refractivity contribution in [1.29, 1.82) is 0 Å². The maximum atomic E-state index is 12.1. The summed E-state index contributed by atoms with van der Waals surface area (Å²) < 4.78 is 11.4. The summed E-state index contributed by atoms with van der Waals surface area (Å²) in [6.45, 7) is 6.70. The van der Waals surface area contributed by atoms with E-state index in [4.69, 9.17) is 15.2 Å². The molecule has 0 fully saturated rings. The van der Waals surface area contributed by atoms with Crippen LogP contribution in [-0.4, -0.2) is 23.5 Å². The number of rotatable bonds is 9. The van der Waals surface area contributed by atoms with Gasteiger partial charge in [-0.1, -0.05) is 19.9 Å². The number of pyridine rings is 1. The van der Waals surface area contributed by atoms with Gasteiger partial charge in [0.2, 0.25) is 11.8 Å². The molecule has 2 rings (SSSR count). The van der Waals surface area contributed by atoms with Gasteiger partial charge in [-0.2, -0.15) is 0 Å². The fraction of sp³-hybridized carbons (Fsp3) is 0.400. The minimum atomic E-state index is -0.258. The highest BCUT2D eigenvalue weighted by molar-refractivity contribution is 5.78. The van der Waals surface area contributed by atoms with E-state index in [9.17, 15) is 4.79 Å². The molecular weight excluding hydrogens is 330 g/mol. The second-order valence-electron chi connectivity index (χ2n) is 6.26. The van der Waals surface area contributed by atoms with Crippen LogP contribution in [0, 0.1) is 5.92 Å². The van der Waals surface area contributed by atoms with Crippen molar-refractivity contribution in [2.45, 2.75) is 39.8 Å². The highest BCUT2D eigenvalue weighted by Crippen LogP contribution is 2.25. The first kappa shape index (κ1) is 19.7. The lowest BCUT2D eigenvalue weighted by Crippen LogP contribution is -2.38. The minimum absolute atomic E-state index is 0.0905. The monoisotopic (exact) mass is 357 g/mol. The van der Waals surface area contributed by atoms with Crippen LogP contribution in [0.25, 0.3) is 0 Å². The molecule has 26 heavy (non-hydrogen) atoms. The number of nitrogens with two attached hydrogens (primary N) is 1. The van der Waals surface area contributed by atoms with Crippen LogP contribution in [0.5, 0.6) is 17.4 Å². The van der Waals surface area contributed by atoms with Crippen LogP contribution >= 0.6 is 0 Å². The maximum Gasteiger partial charge on any atom is 0.224 e. The van der Waals surface area contributed by atoms with E-state index in [-0.39, 0.29) is 17.9 Å². The Morgan fingerprint density at radius 1 is 1.19 bits per heavy atom. The van der Waals surface area contributed by atoms with Crippen LogP contribution in [0.3, 0.4) is 0 Å². The van der Waals surface area contributed by atoms with E-state index >= 15 is 0 Å². The van der Waals surface area contributed by atoms with Crippen LogP contribution in [0.4, 0.5) is 0 Å². The minimum Gasteiger partial charge on any atom is -0.494 e. The number of nitrogens with zero attached hydrogens (tertiary/aromatic N) is 1. The van der Waals surface area contributed by atoms with Gasteiger partial charge in [-0.05, 0) is 43.7 Å². The van der Waals surface area contributed by atoms with Gasteiger partial charge >= 0.3 is 0 Å². The molecule has 0 radical (unpaired) electrons. The lowest BCUT2D eigenvalue weighted by Gasteiger charge is -2.16. The van der Waals surface area contributed by atoms with Crippen molar-refractivity contribution in [3.05, 3.63) is 48.2 Å². The van der Waals surface area contributed by atoms with E-state index in [1.54, 1.807) is 6.20 Å². The normalized spacial score (nSPS) is 12.9. The van der Waals surface area contributed by atoms with Crippen LogP contribution in [-0.2, 0) is 11.3 Å². The van der Waals surface area contributed by atoms with Gasteiger partial charge < -0.3 is 20.5 Å². The molecule has 0 saturated carbocycles. The van der Waals surface area contributed by atoms with Gasteiger partial charge in [0, 0.05) is 30.3 Å². The van der Waals surface area contributed by atoms with Crippen molar-refractivity contribution in [3.63, 3.8) is 0 Å². The highest BCUT2D eigenvalue weighted by Gasteiger charge is 2.17. The van der Waals surface area contributed by atoms with Crippen molar-refractivity contribution in [3.8, 4) is 17.4 Å². The molecule has 1 amide bonds. The van der Waals surface area contributed by atoms with Gasteiger partial charge in [0.1, 0.15) is 11.5 Å². The molecule has 1 heterocycles. The Hall–Kier alpha value is -2.60. The second-order valence-corrected chi connectivity index (χ2v) is 6.26. The van der Waals surface area contributed by atoms with Crippen LogP contribution < -0.4 is 20.5 Å². The Balaban J connectivity index is 2.01. The van der Waals surface area contributed by atoms with Gasteiger partial charge in [0.05, 0.1) is 6.61 Å². The Morgan fingerprint density at radius 3 is 2.54 bits per heavy atom. The lowest BCUT2D eigenvalue weighted by molar-refractivity contribution is -0.125. The third-order valence-corrected chi connectivity index (χ3v) is 4.02. The summed E-state index contributed by atoms with van der Waals surface area (Å²) in [5, 5.41) is 2.88. The van der Waals surface area contributed by atoms with Gasteiger partial charge in [-0.15, -0.1) is 0 Å². The summed E-state index contributed by atoms with van der Waals surface area (Å²) in [4.78, 5) is 16.4. The molecule has 1 aromatic heterocycles. The molecular formula is C20H27N3O3. The summed E-state index contributed by atoms with van der Waals surface area (Å²) in [5.74, 6) is 1.57. The van der Waals surface area contributed by atoms with E-state index in [0.29, 0.717) is 24.8 Å². The number of benzene rings is 1. The van der Waals surface area contributed by atoms with E-state index < -0.39 is 0 Å². The highest BCUT2D eigenvalue weighted by atomic mass is 16.5. The largest absolute Gasteiger partial charge is 0.494 e. The number of hydrogen-bond acceptors (Lipinski definition) is 5. The topological polar surface area (TPSA) is 86.5 Å². The third kappa shape index (κ3) is 5.74. The Kier molecular flexibility index (Phi) is 7.41. The summed E-state index contributed by atoms with van der Waals surface area (Å²) in [6.07, 6.45) is 2.62. The average Bonchev–Trinajstić information content (AvgIpc) is 2.65. The van der Waals surface area contributed by atoms with Gasteiger partial charge in [-0.3, -0.25) is 4.79 Å². The van der Waals surface area contributed by atoms with Crippen molar-refractivity contribution < 1.29 is 14.3 Å². The Labute approximate surface area is 154 Å². The Morgan fingerprint density at radius 2 is 1.88 bits per heavy atom. The zero-order valence-corrected chi connectivity index (χ0v) is 15.6. The summed E-state index contributed by atoms with van der Waals surface area (Å²) in [5.41, 5.74) is 6.57. The first-order valence-electron chi connectivity index (χ1n) is 8.89. The molecule has 2 aromatic rings.